The summed E-state index contributed by atoms with van der Waals surface area (Å²) in [5, 5.41) is 17.1. The van der Waals surface area contributed by atoms with E-state index in [-0.39, 0.29) is 5.56 Å². The minimum absolute atomic E-state index is 0.0139. The molecule has 53 valence electrons. The zero-order valence-electron chi connectivity index (χ0n) is 5.08. The summed E-state index contributed by atoms with van der Waals surface area (Å²) < 4.78 is 12.6. The molecule has 0 fully saturated rings. The van der Waals surface area contributed by atoms with E-state index in [0.717, 1.165) is 0 Å². The SMILES string of the molecule is O[CH]c1cccc(O)c1F. The molecule has 0 aliphatic carbocycles. The van der Waals surface area contributed by atoms with Crippen molar-refractivity contribution in [3.8, 4) is 5.75 Å². The molecule has 0 unspecified atom stereocenters. The van der Waals surface area contributed by atoms with Crippen LogP contribution in [-0.4, -0.2) is 10.2 Å². The maximum atomic E-state index is 12.6. The molecule has 0 saturated heterocycles. The van der Waals surface area contributed by atoms with Crippen molar-refractivity contribution in [3.05, 3.63) is 36.2 Å². The largest absolute Gasteiger partial charge is 0.505 e. The molecule has 0 heterocycles. The molecule has 1 aromatic carbocycles. The number of aromatic hydroxyl groups is 1. The van der Waals surface area contributed by atoms with Gasteiger partial charge in [0, 0.05) is 5.56 Å². The Hall–Kier alpha value is -1.09. The van der Waals surface area contributed by atoms with Crippen molar-refractivity contribution in [2.24, 2.45) is 0 Å². The molecule has 1 aromatic rings. The first-order chi connectivity index (χ1) is 4.75. The lowest BCUT2D eigenvalue weighted by molar-refractivity contribution is 0.393. The lowest BCUT2D eigenvalue weighted by Crippen LogP contribution is -1.86. The molecule has 10 heavy (non-hydrogen) atoms. The highest BCUT2D eigenvalue weighted by atomic mass is 19.1. The summed E-state index contributed by atoms with van der Waals surface area (Å²) >= 11 is 0. The van der Waals surface area contributed by atoms with E-state index in [9.17, 15) is 4.39 Å². The molecule has 2 nitrogen and oxygen atoms in total. The van der Waals surface area contributed by atoms with Crippen molar-refractivity contribution in [3.63, 3.8) is 0 Å². The highest BCUT2D eigenvalue weighted by Gasteiger charge is 2.04. The number of aliphatic hydroxyl groups excluding tert-OH is 1. The fourth-order valence-electron chi connectivity index (χ4n) is 0.637. The van der Waals surface area contributed by atoms with Gasteiger partial charge in [-0.25, -0.2) is 4.39 Å². The van der Waals surface area contributed by atoms with Gasteiger partial charge >= 0.3 is 0 Å². The van der Waals surface area contributed by atoms with Crippen molar-refractivity contribution in [2.45, 2.75) is 0 Å². The van der Waals surface area contributed by atoms with Gasteiger partial charge in [0.1, 0.15) is 6.61 Å². The number of aliphatic hydroxyl groups is 1. The lowest BCUT2D eigenvalue weighted by Gasteiger charge is -1.98. The molecule has 1 radical (unpaired) electrons. The van der Waals surface area contributed by atoms with E-state index >= 15 is 0 Å². The standard InChI is InChI=1S/C7H6FO2/c8-7-5(4-9)2-1-3-6(7)10/h1-4,9-10H. The number of rotatable bonds is 1. The smallest absolute Gasteiger partial charge is 0.170 e. The molecule has 0 aromatic heterocycles. The van der Waals surface area contributed by atoms with Crippen LogP contribution in [0.2, 0.25) is 0 Å². The lowest BCUT2D eigenvalue weighted by atomic mass is 10.2. The Labute approximate surface area is 57.6 Å². The molecule has 0 saturated carbocycles. The Bertz CT molecular complexity index is 235. The van der Waals surface area contributed by atoms with Gasteiger partial charge in [-0.3, -0.25) is 0 Å². The van der Waals surface area contributed by atoms with Crippen LogP contribution in [0.3, 0.4) is 0 Å². The maximum absolute atomic E-state index is 12.6. The molecule has 1 rings (SSSR count). The average molecular weight is 141 g/mol. The van der Waals surface area contributed by atoms with Gasteiger partial charge in [-0.05, 0) is 6.07 Å². The third kappa shape index (κ3) is 1.09. The second kappa shape index (κ2) is 2.66. The minimum Gasteiger partial charge on any atom is -0.505 e. The number of phenolic OH excluding ortho intramolecular Hbond substituents is 1. The number of hydrogen-bond acceptors (Lipinski definition) is 2. The first kappa shape index (κ1) is 7.02. The van der Waals surface area contributed by atoms with Crippen LogP contribution in [0.1, 0.15) is 5.56 Å². The van der Waals surface area contributed by atoms with E-state index in [4.69, 9.17) is 10.2 Å². The second-order valence-corrected chi connectivity index (χ2v) is 1.81. The molecular weight excluding hydrogens is 135 g/mol. The van der Waals surface area contributed by atoms with E-state index in [1.54, 1.807) is 0 Å². The Kier molecular flexibility index (Phi) is 1.87. The summed E-state index contributed by atoms with van der Waals surface area (Å²) in [7, 11) is 0. The van der Waals surface area contributed by atoms with Crippen LogP contribution in [0.4, 0.5) is 4.39 Å². The van der Waals surface area contributed by atoms with Crippen LogP contribution >= 0.6 is 0 Å². The van der Waals surface area contributed by atoms with Gasteiger partial charge in [-0.15, -0.1) is 0 Å². The van der Waals surface area contributed by atoms with Crippen LogP contribution in [-0.2, 0) is 0 Å². The van der Waals surface area contributed by atoms with Crippen molar-refractivity contribution in [2.75, 3.05) is 0 Å². The monoisotopic (exact) mass is 141 g/mol. The Balaban J connectivity index is 3.14. The van der Waals surface area contributed by atoms with E-state index in [1.807, 2.05) is 0 Å². The third-order valence-electron chi connectivity index (χ3n) is 1.15. The molecule has 0 amide bonds. The van der Waals surface area contributed by atoms with E-state index in [1.165, 1.54) is 18.2 Å². The summed E-state index contributed by atoms with van der Waals surface area (Å²) in [6.45, 7) is 0.606. The predicted molar refractivity (Wildman–Crippen MR) is 33.4 cm³/mol. The topological polar surface area (TPSA) is 40.5 Å². The normalized spacial score (nSPS) is 9.80. The Morgan fingerprint density at radius 2 is 2.10 bits per heavy atom. The first-order valence-corrected chi connectivity index (χ1v) is 2.70. The molecule has 0 aliphatic rings. The average Bonchev–Trinajstić information content (AvgIpc) is 1.95. The molecule has 0 aliphatic heterocycles. The molecule has 2 N–H and O–H groups in total. The van der Waals surface area contributed by atoms with Gasteiger partial charge in [0.25, 0.3) is 0 Å². The van der Waals surface area contributed by atoms with Crippen molar-refractivity contribution in [1.82, 2.24) is 0 Å². The first-order valence-electron chi connectivity index (χ1n) is 2.70. The summed E-state index contributed by atoms with van der Waals surface area (Å²) in [5.74, 6) is -1.26. The summed E-state index contributed by atoms with van der Waals surface area (Å²) in [4.78, 5) is 0. The van der Waals surface area contributed by atoms with Crippen LogP contribution in [0.25, 0.3) is 0 Å². The zero-order chi connectivity index (χ0) is 7.56. The van der Waals surface area contributed by atoms with Gasteiger partial charge in [-0.2, -0.15) is 0 Å². The zero-order valence-corrected chi connectivity index (χ0v) is 5.08. The quantitative estimate of drug-likeness (QED) is 0.620. The molecule has 0 bridgehead atoms. The fourth-order valence-corrected chi connectivity index (χ4v) is 0.637. The molecule has 0 spiro atoms. The van der Waals surface area contributed by atoms with Crippen molar-refractivity contribution >= 4 is 0 Å². The van der Waals surface area contributed by atoms with Crippen LogP contribution < -0.4 is 0 Å². The Morgan fingerprint density at radius 3 is 2.60 bits per heavy atom. The number of benzene rings is 1. The van der Waals surface area contributed by atoms with Gasteiger partial charge in [0.15, 0.2) is 11.6 Å². The number of hydrogen-bond donors (Lipinski definition) is 2. The number of phenols is 1. The van der Waals surface area contributed by atoms with Gasteiger partial charge < -0.3 is 10.2 Å². The van der Waals surface area contributed by atoms with Crippen LogP contribution in [0.15, 0.2) is 18.2 Å². The summed E-state index contributed by atoms with van der Waals surface area (Å²) in [6.07, 6.45) is 0. The second-order valence-electron chi connectivity index (χ2n) is 1.81. The van der Waals surface area contributed by atoms with Gasteiger partial charge in [0.05, 0.1) is 0 Å². The van der Waals surface area contributed by atoms with E-state index in [2.05, 4.69) is 0 Å². The van der Waals surface area contributed by atoms with Crippen molar-refractivity contribution in [1.29, 1.82) is 0 Å². The Morgan fingerprint density at radius 1 is 1.40 bits per heavy atom. The molecule has 0 atom stereocenters. The van der Waals surface area contributed by atoms with Gasteiger partial charge in [0.2, 0.25) is 0 Å². The van der Waals surface area contributed by atoms with Crippen LogP contribution in [0, 0.1) is 12.4 Å². The van der Waals surface area contributed by atoms with Crippen LogP contribution in [0.5, 0.6) is 5.75 Å². The molecular formula is C7H6FO2. The van der Waals surface area contributed by atoms with E-state index in [0.29, 0.717) is 6.61 Å². The third-order valence-corrected chi connectivity index (χ3v) is 1.15. The summed E-state index contributed by atoms with van der Waals surface area (Å²) in [6, 6.07) is 4.01. The highest BCUT2D eigenvalue weighted by Crippen LogP contribution is 2.18. The minimum atomic E-state index is -0.801. The van der Waals surface area contributed by atoms with Crippen molar-refractivity contribution < 1.29 is 14.6 Å². The number of halogens is 1. The molecule has 3 heteroatoms. The predicted octanol–water partition coefficient (Wildman–Crippen LogP) is 1.41. The van der Waals surface area contributed by atoms with E-state index < -0.39 is 11.6 Å². The summed E-state index contributed by atoms with van der Waals surface area (Å²) in [5.41, 5.74) is -0.0139. The maximum Gasteiger partial charge on any atom is 0.170 e. The fraction of sp³-hybridized carbons (Fsp3) is 0. The van der Waals surface area contributed by atoms with Gasteiger partial charge in [-0.1, -0.05) is 12.1 Å². The highest BCUT2D eigenvalue weighted by molar-refractivity contribution is 5.32.